The third-order valence-electron chi connectivity index (χ3n) is 5.64. The Labute approximate surface area is 196 Å². The number of hydrogen-bond donors (Lipinski definition) is 1. The molecule has 162 valence electrons. The number of phenols is 1. The summed E-state index contributed by atoms with van der Waals surface area (Å²) in [4.78, 5) is 14.3. The van der Waals surface area contributed by atoms with Crippen LogP contribution in [0.15, 0.2) is 114 Å². The number of rotatable bonds is 4. The molecule has 0 fully saturated rings. The fourth-order valence-corrected chi connectivity index (χ4v) is 3.92. The van der Waals surface area contributed by atoms with E-state index in [4.69, 9.17) is 14.4 Å². The minimum atomic E-state index is 0.0813. The first-order valence-electron chi connectivity index (χ1n) is 10.9. The maximum Gasteiger partial charge on any atom is 0.231 e. The SMILES string of the molecule is Oc1ccc(-c2nc(-c3ccccc3)cc(-c3ccccc3)n2)cc1-c1nc2ccccc2o1. The number of nitrogens with zero attached hydrogens (tertiary/aromatic N) is 3. The Bertz CT molecular complexity index is 1520. The van der Waals surface area contributed by atoms with Crippen LogP contribution >= 0.6 is 0 Å². The monoisotopic (exact) mass is 441 g/mol. The van der Waals surface area contributed by atoms with Crippen LogP contribution in [0.25, 0.3) is 56.5 Å². The van der Waals surface area contributed by atoms with Crippen molar-refractivity contribution in [2.24, 2.45) is 0 Å². The van der Waals surface area contributed by atoms with Gasteiger partial charge >= 0.3 is 0 Å². The van der Waals surface area contributed by atoms with E-state index in [-0.39, 0.29) is 5.75 Å². The molecule has 4 aromatic carbocycles. The molecule has 0 atom stereocenters. The van der Waals surface area contributed by atoms with Crippen molar-refractivity contribution in [3.63, 3.8) is 0 Å². The third kappa shape index (κ3) is 3.69. The van der Waals surface area contributed by atoms with Crippen molar-refractivity contribution in [1.29, 1.82) is 0 Å². The molecule has 0 aliphatic rings. The van der Waals surface area contributed by atoms with Crippen molar-refractivity contribution in [2.45, 2.75) is 0 Å². The highest BCUT2D eigenvalue weighted by molar-refractivity contribution is 5.80. The van der Waals surface area contributed by atoms with Crippen LogP contribution in [-0.2, 0) is 0 Å². The van der Waals surface area contributed by atoms with Gasteiger partial charge in [0.25, 0.3) is 0 Å². The smallest absolute Gasteiger partial charge is 0.231 e. The van der Waals surface area contributed by atoms with Crippen molar-refractivity contribution in [3.05, 3.63) is 109 Å². The van der Waals surface area contributed by atoms with Gasteiger partial charge in [0.15, 0.2) is 11.4 Å². The highest BCUT2D eigenvalue weighted by Crippen LogP contribution is 2.35. The number of benzene rings is 4. The Kier molecular flexibility index (Phi) is 4.85. The second kappa shape index (κ2) is 8.30. The lowest BCUT2D eigenvalue weighted by molar-refractivity contribution is 0.474. The van der Waals surface area contributed by atoms with Gasteiger partial charge in [0.1, 0.15) is 11.3 Å². The molecule has 6 rings (SSSR count). The number of phenolic OH excluding ortho intramolecular Hbond substituents is 1. The Hall–Kier alpha value is -4.77. The van der Waals surface area contributed by atoms with Gasteiger partial charge in [0.05, 0.1) is 17.0 Å². The number of oxazole rings is 1. The predicted octanol–water partition coefficient (Wildman–Crippen LogP) is 6.99. The summed E-state index contributed by atoms with van der Waals surface area (Å²) in [7, 11) is 0. The van der Waals surface area contributed by atoms with Gasteiger partial charge in [-0.2, -0.15) is 0 Å². The molecule has 0 unspecified atom stereocenters. The fourth-order valence-electron chi connectivity index (χ4n) is 3.92. The lowest BCUT2D eigenvalue weighted by Gasteiger charge is -2.10. The normalized spacial score (nSPS) is 11.1. The van der Waals surface area contributed by atoms with Gasteiger partial charge in [-0.25, -0.2) is 15.0 Å². The first kappa shape index (κ1) is 19.9. The van der Waals surface area contributed by atoms with E-state index in [1.54, 1.807) is 12.1 Å². The quantitative estimate of drug-likeness (QED) is 0.319. The summed E-state index contributed by atoms with van der Waals surface area (Å²) in [5, 5.41) is 10.6. The van der Waals surface area contributed by atoms with Crippen LogP contribution in [0, 0.1) is 0 Å². The molecule has 1 N–H and O–H groups in total. The first-order valence-corrected chi connectivity index (χ1v) is 10.9. The zero-order chi connectivity index (χ0) is 22.9. The maximum absolute atomic E-state index is 10.6. The molecule has 0 radical (unpaired) electrons. The molecule has 0 bridgehead atoms. The summed E-state index contributed by atoms with van der Waals surface area (Å²) in [5.74, 6) is 0.985. The lowest BCUT2D eigenvalue weighted by atomic mass is 10.1. The molecule has 0 saturated carbocycles. The zero-order valence-corrected chi connectivity index (χ0v) is 18.1. The summed E-state index contributed by atoms with van der Waals surface area (Å²) in [6, 6.07) is 34.8. The minimum absolute atomic E-state index is 0.0813. The Morgan fingerprint density at radius 1 is 0.559 bits per heavy atom. The Morgan fingerprint density at radius 3 is 1.82 bits per heavy atom. The van der Waals surface area contributed by atoms with Gasteiger partial charge < -0.3 is 9.52 Å². The molecule has 2 aromatic heterocycles. The van der Waals surface area contributed by atoms with Crippen molar-refractivity contribution in [3.8, 4) is 51.1 Å². The summed E-state index contributed by atoms with van der Waals surface area (Å²) in [6.07, 6.45) is 0. The summed E-state index contributed by atoms with van der Waals surface area (Å²) >= 11 is 0. The Morgan fingerprint density at radius 2 is 1.18 bits per heavy atom. The first-order chi connectivity index (χ1) is 16.7. The second-order valence-corrected chi connectivity index (χ2v) is 7.91. The lowest BCUT2D eigenvalue weighted by Crippen LogP contribution is -1.96. The molecule has 5 nitrogen and oxygen atoms in total. The average Bonchev–Trinajstić information content (AvgIpc) is 3.34. The van der Waals surface area contributed by atoms with Crippen LogP contribution < -0.4 is 0 Å². The van der Waals surface area contributed by atoms with Gasteiger partial charge in [-0.05, 0) is 36.4 Å². The number of para-hydroxylation sites is 2. The van der Waals surface area contributed by atoms with Crippen LogP contribution in [0.1, 0.15) is 0 Å². The van der Waals surface area contributed by atoms with Gasteiger partial charge in [0.2, 0.25) is 5.89 Å². The van der Waals surface area contributed by atoms with E-state index in [1.165, 1.54) is 0 Å². The van der Waals surface area contributed by atoms with E-state index < -0.39 is 0 Å². The largest absolute Gasteiger partial charge is 0.507 e. The molecule has 5 heteroatoms. The molecular formula is C29H19N3O2. The molecule has 0 saturated heterocycles. The molecule has 0 aliphatic carbocycles. The number of aromatic hydroxyl groups is 1. The molecule has 6 aromatic rings. The van der Waals surface area contributed by atoms with Crippen LogP contribution in [-0.4, -0.2) is 20.1 Å². The zero-order valence-electron chi connectivity index (χ0n) is 18.1. The van der Waals surface area contributed by atoms with E-state index in [1.807, 2.05) is 97.1 Å². The molecule has 0 amide bonds. The minimum Gasteiger partial charge on any atom is -0.507 e. The van der Waals surface area contributed by atoms with Gasteiger partial charge in [-0.15, -0.1) is 0 Å². The van der Waals surface area contributed by atoms with Crippen LogP contribution in [0.3, 0.4) is 0 Å². The van der Waals surface area contributed by atoms with Crippen molar-refractivity contribution in [1.82, 2.24) is 15.0 Å². The summed E-state index contributed by atoms with van der Waals surface area (Å²) < 4.78 is 5.90. The fraction of sp³-hybridized carbons (Fsp3) is 0. The van der Waals surface area contributed by atoms with Crippen molar-refractivity contribution < 1.29 is 9.52 Å². The molecule has 0 aliphatic heterocycles. The van der Waals surface area contributed by atoms with E-state index in [0.717, 1.165) is 33.6 Å². The van der Waals surface area contributed by atoms with E-state index in [9.17, 15) is 5.11 Å². The standard InChI is InChI=1S/C29H19N3O2/c33-26-16-15-21(17-22(26)29-32-23-13-7-8-14-27(23)34-29)28-30-24(19-9-3-1-4-10-19)18-25(31-28)20-11-5-2-6-12-20/h1-18,33H. The Balaban J connectivity index is 1.52. The van der Waals surface area contributed by atoms with E-state index in [2.05, 4.69) is 4.98 Å². The third-order valence-corrected chi connectivity index (χ3v) is 5.64. The highest BCUT2D eigenvalue weighted by atomic mass is 16.3. The molecular weight excluding hydrogens is 422 g/mol. The van der Waals surface area contributed by atoms with Gasteiger partial charge in [0, 0.05) is 16.7 Å². The van der Waals surface area contributed by atoms with E-state index >= 15 is 0 Å². The van der Waals surface area contributed by atoms with E-state index in [0.29, 0.717) is 22.9 Å². The molecule has 0 spiro atoms. The number of aromatic nitrogens is 3. The number of hydrogen-bond acceptors (Lipinski definition) is 5. The van der Waals surface area contributed by atoms with Crippen LogP contribution in [0.4, 0.5) is 0 Å². The van der Waals surface area contributed by atoms with Crippen LogP contribution in [0.2, 0.25) is 0 Å². The summed E-state index contributed by atoms with van der Waals surface area (Å²) in [6.45, 7) is 0. The molecule has 34 heavy (non-hydrogen) atoms. The van der Waals surface area contributed by atoms with Crippen molar-refractivity contribution in [2.75, 3.05) is 0 Å². The van der Waals surface area contributed by atoms with Crippen LogP contribution in [0.5, 0.6) is 5.75 Å². The second-order valence-electron chi connectivity index (χ2n) is 7.91. The maximum atomic E-state index is 10.6. The van der Waals surface area contributed by atoms with Gasteiger partial charge in [-0.1, -0.05) is 72.8 Å². The molecule has 2 heterocycles. The summed E-state index contributed by atoms with van der Waals surface area (Å²) in [5.41, 5.74) is 6.28. The number of fused-ring (bicyclic) bond motifs is 1. The predicted molar refractivity (Wildman–Crippen MR) is 133 cm³/mol. The van der Waals surface area contributed by atoms with Crippen molar-refractivity contribution >= 4 is 11.1 Å². The topological polar surface area (TPSA) is 72.0 Å². The highest BCUT2D eigenvalue weighted by Gasteiger charge is 2.16. The average molecular weight is 441 g/mol. The van der Waals surface area contributed by atoms with Gasteiger partial charge in [-0.3, -0.25) is 0 Å².